The number of aromatic nitrogens is 3. The minimum atomic E-state index is -3.17. The zero-order valence-electron chi connectivity index (χ0n) is 12.0. The van der Waals surface area contributed by atoms with Gasteiger partial charge >= 0.3 is 0 Å². The van der Waals surface area contributed by atoms with Crippen molar-refractivity contribution in [1.29, 1.82) is 0 Å². The molecule has 1 heterocycles. The van der Waals surface area contributed by atoms with E-state index in [1.54, 1.807) is 16.8 Å². The molecule has 0 saturated carbocycles. The van der Waals surface area contributed by atoms with E-state index in [9.17, 15) is 8.42 Å². The first-order valence-electron chi connectivity index (χ1n) is 6.45. The van der Waals surface area contributed by atoms with E-state index in [4.69, 9.17) is 4.74 Å². The van der Waals surface area contributed by atoms with Crippen LogP contribution in [0.15, 0.2) is 35.4 Å². The van der Waals surface area contributed by atoms with Crippen molar-refractivity contribution in [3.8, 4) is 5.75 Å². The number of hydrogen-bond donors (Lipinski definition) is 1. The third-order valence-corrected chi connectivity index (χ3v) is 3.91. The van der Waals surface area contributed by atoms with Crippen LogP contribution in [0.4, 0.5) is 0 Å². The first-order valence-corrected chi connectivity index (χ1v) is 8.35. The van der Waals surface area contributed by atoms with Crippen LogP contribution in [0.5, 0.6) is 5.75 Å². The maximum atomic E-state index is 11.3. The average Bonchev–Trinajstić information content (AvgIpc) is 2.86. The van der Waals surface area contributed by atoms with Gasteiger partial charge in [-0.15, -0.1) is 5.10 Å². The average molecular weight is 310 g/mol. The molecule has 114 valence electrons. The topological polar surface area (TPSA) is 86.1 Å². The van der Waals surface area contributed by atoms with Crippen LogP contribution in [0.1, 0.15) is 5.69 Å². The summed E-state index contributed by atoms with van der Waals surface area (Å²) in [5.41, 5.74) is 0.870. The molecule has 7 nitrogen and oxygen atoms in total. The van der Waals surface area contributed by atoms with Crippen LogP contribution in [0, 0.1) is 0 Å². The third kappa shape index (κ3) is 4.54. The van der Waals surface area contributed by atoms with Crippen molar-refractivity contribution in [3.63, 3.8) is 0 Å². The molecule has 0 atom stereocenters. The highest BCUT2D eigenvalue weighted by Gasteiger charge is 2.06. The van der Waals surface area contributed by atoms with Gasteiger partial charge < -0.3 is 10.1 Å². The van der Waals surface area contributed by atoms with Gasteiger partial charge in [-0.05, 0) is 31.3 Å². The van der Waals surface area contributed by atoms with E-state index in [0.29, 0.717) is 25.4 Å². The van der Waals surface area contributed by atoms with Crippen molar-refractivity contribution < 1.29 is 13.2 Å². The van der Waals surface area contributed by atoms with E-state index in [1.165, 1.54) is 18.4 Å². The number of sulfone groups is 1. The number of nitrogens with one attached hydrogen (secondary N) is 1. The van der Waals surface area contributed by atoms with Gasteiger partial charge in [0.15, 0.2) is 9.84 Å². The van der Waals surface area contributed by atoms with Crippen molar-refractivity contribution in [2.45, 2.75) is 18.0 Å². The fraction of sp³-hybridized carbons (Fsp3) is 0.385. The molecule has 0 bridgehead atoms. The summed E-state index contributed by atoms with van der Waals surface area (Å²) < 4.78 is 29.9. The van der Waals surface area contributed by atoms with Gasteiger partial charge in [-0.1, -0.05) is 5.21 Å². The smallest absolute Gasteiger partial charge is 0.175 e. The Kier molecular flexibility index (Phi) is 4.92. The first-order chi connectivity index (χ1) is 9.99. The highest BCUT2D eigenvalue weighted by atomic mass is 32.2. The summed E-state index contributed by atoms with van der Waals surface area (Å²) in [6.07, 6.45) is 3.03. The maximum Gasteiger partial charge on any atom is 0.175 e. The van der Waals surface area contributed by atoms with Gasteiger partial charge in [0.1, 0.15) is 12.4 Å². The molecule has 2 aromatic rings. The Labute approximate surface area is 123 Å². The predicted molar refractivity (Wildman–Crippen MR) is 77.8 cm³/mol. The van der Waals surface area contributed by atoms with Crippen LogP contribution in [-0.4, -0.2) is 43.3 Å². The summed E-state index contributed by atoms with van der Waals surface area (Å²) in [7, 11) is -1.32. The van der Waals surface area contributed by atoms with Gasteiger partial charge in [-0.25, -0.2) is 13.1 Å². The van der Waals surface area contributed by atoms with Gasteiger partial charge in [0, 0.05) is 19.0 Å². The van der Waals surface area contributed by atoms with E-state index in [2.05, 4.69) is 15.6 Å². The van der Waals surface area contributed by atoms with Crippen LogP contribution in [0.25, 0.3) is 0 Å². The standard InChI is InChI=1S/C13H18N4O3S/c1-14-9-11-10-17(16-15-11)7-8-20-12-3-5-13(6-4-12)21(2,18)19/h3-6,10,14H,7-9H2,1-2H3. The van der Waals surface area contributed by atoms with Crippen LogP contribution in [0.3, 0.4) is 0 Å². The molecule has 0 aliphatic heterocycles. The molecule has 0 amide bonds. The van der Waals surface area contributed by atoms with Crippen molar-refractivity contribution in [3.05, 3.63) is 36.2 Å². The van der Waals surface area contributed by atoms with E-state index in [1.807, 2.05) is 13.2 Å². The minimum absolute atomic E-state index is 0.280. The van der Waals surface area contributed by atoms with Crippen LogP contribution < -0.4 is 10.1 Å². The zero-order chi connectivity index (χ0) is 15.3. The van der Waals surface area contributed by atoms with Gasteiger partial charge in [-0.3, -0.25) is 0 Å². The van der Waals surface area contributed by atoms with E-state index in [-0.39, 0.29) is 4.90 Å². The molecule has 8 heteroatoms. The fourth-order valence-corrected chi connectivity index (χ4v) is 2.38. The Morgan fingerprint density at radius 2 is 2.00 bits per heavy atom. The molecular formula is C13H18N4O3S. The van der Waals surface area contributed by atoms with Crippen molar-refractivity contribution in [1.82, 2.24) is 20.3 Å². The molecule has 1 aromatic heterocycles. The maximum absolute atomic E-state index is 11.3. The quantitative estimate of drug-likeness (QED) is 0.800. The predicted octanol–water partition coefficient (Wildman–Crippen LogP) is 0.480. The number of nitrogens with zero attached hydrogens (tertiary/aromatic N) is 3. The fourth-order valence-electron chi connectivity index (χ4n) is 1.75. The first kappa shape index (κ1) is 15.5. The van der Waals surface area contributed by atoms with Crippen molar-refractivity contribution >= 4 is 9.84 Å². The zero-order valence-corrected chi connectivity index (χ0v) is 12.8. The summed E-state index contributed by atoms with van der Waals surface area (Å²) >= 11 is 0. The lowest BCUT2D eigenvalue weighted by Crippen LogP contribution is -2.09. The lowest BCUT2D eigenvalue weighted by atomic mass is 10.3. The number of hydrogen-bond acceptors (Lipinski definition) is 6. The summed E-state index contributed by atoms with van der Waals surface area (Å²) in [4.78, 5) is 0.280. The Bertz CT molecular complexity index is 680. The van der Waals surface area contributed by atoms with E-state index in [0.717, 1.165) is 5.69 Å². The minimum Gasteiger partial charge on any atom is -0.492 e. The Morgan fingerprint density at radius 1 is 1.29 bits per heavy atom. The lowest BCUT2D eigenvalue weighted by Gasteiger charge is -2.06. The molecule has 0 fully saturated rings. The van der Waals surface area contributed by atoms with Crippen LogP contribution >= 0.6 is 0 Å². The van der Waals surface area contributed by atoms with Gasteiger partial charge in [0.05, 0.1) is 17.1 Å². The molecule has 1 aromatic carbocycles. The summed E-state index contributed by atoms with van der Waals surface area (Å²) in [6.45, 7) is 1.68. The SMILES string of the molecule is CNCc1cn(CCOc2ccc(S(C)(=O)=O)cc2)nn1. The second-order valence-electron chi connectivity index (χ2n) is 4.60. The molecule has 0 unspecified atom stereocenters. The van der Waals surface area contributed by atoms with Crippen LogP contribution in [-0.2, 0) is 22.9 Å². The van der Waals surface area contributed by atoms with Gasteiger partial charge in [-0.2, -0.15) is 0 Å². The normalized spacial score (nSPS) is 11.5. The summed E-state index contributed by atoms with van der Waals surface area (Å²) in [5.74, 6) is 0.623. The van der Waals surface area contributed by atoms with Crippen molar-refractivity contribution in [2.75, 3.05) is 19.9 Å². The molecule has 0 aliphatic carbocycles. The van der Waals surface area contributed by atoms with Gasteiger partial charge in [0.25, 0.3) is 0 Å². The molecular weight excluding hydrogens is 292 g/mol. The highest BCUT2D eigenvalue weighted by molar-refractivity contribution is 7.90. The summed E-state index contributed by atoms with van der Waals surface area (Å²) in [5, 5.41) is 11.0. The second kappa shape index (κ2) is 6.68. The monoisotopic (exact) mass is 310 g/mol. The van der Waals surface area contributed by atoms with E-state index < -0.39 is 9.84 Å². The molecule has 0 radical (unpaired) electrons. The van der Waals surface area contributed by atoms with Crippen LogP contribution in [0.2, 0.25) is 0 Å². The number of benzene rings is 1. The number of ether oxygens (including phenoxy) is 1. The molecule has 0 saturated heterocycles. The van der Waals surface area contributed by atoms with E-state index >= 15 is 0 Å². The third-order valence-electron chi connectivity index (χ3n) is 2.78. The molecule has 2 rings (SSSR count). The Balaban J connectivity index is 1.85. The Morgan fingerprint density at radius 3 is 2.62 bits per heavy atom. The van der Waals surface area contributed by atoms with Crippen molar-refractivity contribution in [2.24, 2.45) is 0 Å². The summed E-state index contributed by atoms with van der Waals surface area (Å²) in [6, 6.07) is 6.35. The Hall–Kier alpha value is -1.93. The van der Waals surface area contributed by atoms with Gasteiger partial charge in [0.2, 0.25) is 0 Å². The molecule has 1 N–H and O–H groups in total. The highest BCUT2D eigenvalue weighted by Crippen LogP contribution is 2.15. The largest absolute Gasteiger partial charge is 0.492 e. The second-order valence-corrected chi connectivity index (χ2v) is 6.61. The number of rotatable bonds is 7. The molecule has 0 aliphatic rings. The lowest BCUT2D eigenvalue weighted by molar-refractivity contribution is 0.289. The molecule has 0 spiro atoms. The molecule has 21 heavy (non-hydrogen) atoms.